The minimum atomic E-state index is -0.642. The van der Waals surface area contributed by atoms with Crippen molar-refractivity contribution >= 4 is 17.4 Å². The quantitative estimate of drug-likeness (QED) is 0.910. The van der Waals surface area contributed by atoms with Crippen LogP contribution in [0.2, 0.25) is 5.02 Å². The maximum atomic E-state index is 13.4. The fourth-order valence-electron chi connectivity index (χ4n) is 2.05. The van der Waals surface area contributed by atoms with Crippen molar-refractivity contribution in [2.45, 2.75) is 13.0 Å². The molecule has 106 valence electrons. The average molecular weight is 298 g/mol. The van der Waals surface area contributed by atoms with Gasteiger partial charge in [-0.25, -0.2) is 13.8 Å². The molecule has 0 fully saturated rings. The first-order valence-electron chi connectivity index (χ1n) is 6.11. The van der Waals surface area contributed by atoms with Gasteiger partial charge >= 0.3 is 0 Å². The zero-order chi connectivity index (χ0) is 14.7. The molecule has 2 rings (SSSR count). The summed E-state index contributed by atoms with van der Waals surface area (Å²) in [7, 11) is 0. The molecule has 1 aromatic heterocycles. The Bertz CT molecular complexity index is 599. The molecular formula is C14H14ClF2N3. The predicted molar refractivity (Wildman–Crippen MR) is 75.5 cm³/mol. The third-order valence-electron chi connectivity index (χ3n) is 2.85. The van der Waals surface area contributed by atoms with Gasteiger partial charge in [0.05, 0.1) is 11.1 Å². The number of aromatic nitrogens is 1. The predicted octanol–water partition coefficient (Wildman–Crippen LogP) is 3.29. The van der Waals surface area contributed by atoms with Crippen molar-refractivity contribution in [1.82, 2.24) is 10.3 Å². The van der Waals surface area contributed by atoms with Crippen LogP contribution in [0.15, 0.2) is 30.5 Å². The first-order valence-corrected chi connectivity index (χ1v) is 6.49. The molecule has 0 aliphatic carbocycles. The average Bonchev–Trinajstić information content (AvgIpc) is 2.38. The molecular weight excluding hydrogens is 284 g/mol. The van der Waals surface area contributed by atoms with E-state index in [2.05, 4.69) is 10.3 Å². The molecule has 0 aliphatic heterocycles. The first kappa shape index (κ1) is 14.7. The lowest BCUT2D eigenvalue weighted by molar-refractivity contribution is 0.565. The Labute approximate surface area is 120 Å². The van der Waals surface area contributed by atoms with Crippen molar-refractivity contribution < 1.29 is 8.78 Å². The van der Waals surface area contributed by atoms with Gasteiger partial charge in [0.2, 0.25) is 0 Å². The van der Waals surface area contributed by atoms with E-state index in [0.29, 0.717) is 22.7 Å². The van der Waals surface area contributed by atoms with Crippen molar-refractivity contribution in [2.24, 2.45) is 0 Å². The molecule has 0 saturated carbocycles. The third kappa shape index (κ3) is 3.23. The van der Waals surface area contributed by atoms with Gasteiger partial charge in [0.25, 0.3) is 0 Å². The Balaban J connectivity index is 2.52. The number of benzene rings is 1. The summed E-state index contributed by atoms with van der Waals surface area (Å²) in [5.41, 5.74) is 6.85. The van der Waals surface area contributed by atoms with Gasteiger partial charge in [0.15, 0.2) is 0 Å². The van der Waals surface area contributed by atoms with Crippen LogP contribution in [0.25, 0.3) is 0 Å². The summed E-state index contributed by atoms with van der Waals surface area (Å²) in [6.45, 7) is 2.48. The van der Waals surface area contributed by atoms with Crippen LogP contribution < -0.4 is 11.1 Å². The fourth-order valence-corrected chi connectivity index (χ4v) is 2.22. The molecule has 0 aliphatic rings. The Morgan fingerprint density at radius 3 is 2.50 bits per heavy atom. The van der Waals surface area contributed by atoms with Crippen molar-refractivity contribution in [2.75, 3.05) is 12.3 Å². The summed E-state index contributed by atoms with van der Waals surface area (Å²) in [6.07, 6.45) is 1.43. The summed E-state index contributed by atoms with van der Waals surface area (Å²) in [4.78, 5) is 3.97. The van der Waals surface area contributed by atoms with E-state index in [0.717, 1.165) is 6.07 Å². The highest BCUT2D eigenvalue weighted by molar-refractivity contribution is 6.30. The smallest absolute Gasteiger partial charge is 0.128 e. The number of hydrogen-bond donors (Lipinski definition) is 2. The normalized spacial score (nSPS) is 12.4. The van der Waals surface area contributed by atoms with Crippen LogP contribution in [0.3, 0.4) is 0 Å². The van der Waals surface area contributed by atoms with Gasteiger partial charge in [-0.15, -0.1) is 0 Å². The van der Waals surface area contributed by atoms with Gasteiger partial charge < -0.3 is 11.1 Å². The highest BCUT2D eigenvalue weighted by Crippen LogP contribution is 2.28. The van der Waals surface area contributed by atoms with Crippen LogP contribution in [0, 0.1) is 11.6 Å². The molecule has 3 N–H and O–H groups in total. The standard InChI is InChI=1S/C14H14ClF2N3/c1-2-19-13(8-3-10(16)6-11(17)4-8)12-5-9(15)7-20-14(12)18/h3-7,13,19H,2H2,1H3,(H2,18,20). The lowest BCUT2D eigenvalue weighted by atomic mass is 9.99. The fraction of sp³-hybridized carbons (Fsp3) is 0.214. The van der Waals surface area contributed by atoms with Crippen molar-refractivity contribution in [1.29, 1.82) is 0 Å². The molecule has 0 amide bonds. The van der Waals surface area contributed by atoms with E-state index in [-0.39, 0.29) is 5.82 Å². The van der Waals surface area contributed by atoms with E-state index in [1.54, 1.807) is 6.07 Å². The summed E-state index contributed by atoms with van der Waals surface area (Å²) >= 11 is 5.92. The Morgan fingerprint density at radius 2 is 1.90 bits per heavy atom. The summed E-state index contributed by atoms with van der Waals surface area (Å²) in [5, 5.41) is 3.54. The van der Waals surface area contributed by atoms with Gasteiger partial charge in [-0.3, -0.25) is 0 Å². The molecule has 1 unspecified atom stereocenters. The van der Waals surface area contributed by atoms with Crippen LogP contribution in [0.5, 0.6) is 0 Å². The minimum Gasteiger partial charge on any atom is -0.383 e. The summed E-state index contributed by atoms with van der Waals surface area (Å²) < 4.78 is 26.8. The van der Waals surface area contributed by atoms with Gasteiger partial charge in [-0.1, -0.05) is 18.5 Å². The van der Waals surface area contributed by atoms with Gasteiger partial charge in [-0.05, 0) is 30.3 Å². The number of anilines is 1. The monoisotopic (exact) mass is 297 g/mol. The molecule has 0 saturated heterocycles. The lowest BCUT2D eigenvalue weighted by Gasteiger charge is -2.20. The molecule has 0 bridgehead atoms. The molecule has 2 aromatic rings. The van der Waals surface area contributed by atoms with E-state index in [9.17, 15) is 8.78 Å². The molecule has 1 aromatic carbocycles. The van der Waals surface area contributed by atoms with Gasteiger partial charge in [0, 0.05) is 17.8 Å². The highest BCUT2D eigenvalue weighted by Gasteiger charge is 2.18. The second-order valence-corrected chi connectivity index (χ2v) is 4.76. The Kier molecular flexibility index (Phi) is 4.52. The van der Waals surface area contributed by atoms with Crippen LogP contribution in [0.1, 0.15) is 24.1 Å². The van der Waals surface area contributed by atoms with Crippen molar-refractivity contribution in [3.8, 4) is 0 Å². The van der Waals surface area contributed by atoms with E-state index < -0.39 is 17.7 Å². The number of nitrogens with two attached hydrogens (primary N) is 1. The van der Waals surface area contributed by atoms with E-state index in [1.807, 2.05) is 6.92 Å². The number of pyridine rings is 1. The number of rotatable bonds is 4. The zero-order valence-corrected chi connectivity index (χ0v) is 11.6. The molecule has 0 spiro atoms. The molecule has 6 heteroatoms. The number of nitrogens with one attached hydrogen (secondary N) is 1. The molecule has 1 atom stereocenters. The third-order valence-corrected chi connectivity index (χ3v) is 3.06. The van der Waals surface area contributed by atoms with Crippen molar-refractivity contribution in [3.63, 3.8) is 0 Å². The van der Waals surface area contributed by atoms with Crippen LogP contribution in [-0.4, -0.2) is 11.5 Å². The van der Waals surface area contributed by atoms with E-state index in [4.69, 9.17) is 17.3 Å². The van der Waals surface area contributed by atoms with Crippen molar-refractivity contribution in [3.05, 3.63) is 58.2 Å². The molecule has 0 radical (unpaired) electrons. The van der Waals surface area contributed by atoms with Crippen LogP contribution in [-0.2, 0) is 0 Å². The maximum absolute atomic E-state index is 13.4. The summed E-state index contributed by atoms with van der Waals surface area (Å²) in [5.74, 6) is -1.02. The molecule has 3 nitrogen and oxygen atoms in total. The first-order chi connectivity index (χ1) is 9.51. The lowest BCUT2D eigenvalue weighted by Crippen LogP contribution is -2.23. The highest BCUT2D eigenvalue weighted by atomic mass is 35.5. The Morgan fingerprint density at radius 1 is 1.25 bits per heavy atom. The molecule has 1 heterocycles. The van der Waals surface area contributed by atoms with Gasteiger partial charge in [0.1, 0.15) is 17.5 Å². The maximum Gasteiger partial charge on any atom is 0.128 e. The number of nitrogens with zero attached hydrogens (tertiary/aromatic N) is 1. The second-order valence-electron chi connectivity index (χ2n) is 4.32. The Hall–Kier alpha value is -1.72. The van der Waals surface area contributed by atoms with Crippen LogP contribution >= 0.6 is 11.6 Å². The number of halogens is 3. The largest absolute Gasteiger partial charge is 0.383 e. The second kappa shape index (κ2) is 6.15. The van der Waals surface area contributed by atoms with Crippen LogP contribution in [0.4, 0.5) is 14.6 Å². The number of hydrogen-bond acceptors (Lipinski definition) is 3. The minimum absolute atomic E-state index is 0.269. The molecule has 20 heavy (non-hydrogen) atoms. The topological polar surface area (TPSA) is 50.9 Å². The number of nitrogen functional groups attached to an aromatic ring is 1. The SMILES string of the molecule is CCNC(c1cc(F)cc(F)c1)c1cc(Cl)cnc1N. The summed E-state index contributed by atoms with van der Waals surface area (Å²) in [6, 6.07) is 4.51. The zero-order valence-electron chi connectivity index (χ0n) is 10.8. The van der Waals surface area contributed by atoms with E-state index in [1.165, 1.54) is 18.3 Å². The van der Waals surface area contributed by atoms with E-state index >= 15 is 0 Å². The van der Waals surface area contributed by atoms with Gasteiger partial charge in [-0.2, -0.15) is 0 Å².